The van der Waals surface area contributed by atoms with Gasteiger partial charge in [-0.1, -0.05) is 6.07 Å². The number of hydrogen-bond acceptors (Lipinski definition) is 4. The first kappa shape index (κ1) is 24.6. The molecule has 0 amide bonds. The number of aryl methyl sites for hydroxylation is 2. The van der Waals surface area contributed by atoms with E-state index in [9.17, 15) is 4.39 Å². The second-order valence-corrected chi connectivity index (χ2v) is 7.05. The van der Waals surface area contributed by atoms with E-state index < -0.39 is 0 Å². The summed E-state index contributed by atoms with van der Waals surface area (Å²) in [5, 5.41) is 10.9. The number of nitrogens with one attached hydrogen (secondary N) is 2. The Kier molecular flexibility index (Phi) is 9.22. The summed E-state index contributed by atoms with van der Waals surface area (Å²) >= 11 is 0. The lowest BCUT2D eigenvalue weighted by Gasteiger charge is -2.18. The maximum atomic E-state index is 13.0. The van der Waals surface area contributed by atoms with Crippen LogP contribution in [0.1, 0.15) is 23.9 Å². The fraction of sp³-hybridized carbons (Fsp3) is 0.318. The molecule has 1 unspecified atom stereocenters. The Bertz CT molecular complexity index is 988. The van der Waals surface area contributed by atoms with Gasteiger partial charge >= 0.3 is 0 Å². The van der Waals surface area contributed by atoms with Crippen LogP contribution in [0.2, 0.25) is 0 Å². The molecule has 3 rings (SSSR count). The zero-order chi connectivity index (χ0) is 21.5. The molecule has 2 heterocycles. The van der Waals surface area contributed by atoms with Crippen LogP contribution in [0.4, 0.5) is 4.39 Å². The molecule has 3 aromatic rings. The summed E-state index contributed by atoms with van der Waals surface area (Å²) in [4.78, 5) is 8.74. The number of rotatable bonds is 7. The molecular weight excluding hydrogens is 510 g/mol. The van der Waals surface area contributed by atoms with Crippen LogP contribution >= 0.6 is 24.0 Å². The van der Waals surface area contributed by atoms with Crippen molar-refractivity contribution in [3.8, 4) is 11.6 Å². The highest BCUT2D eigenvalue weighted by Crippen LogP contribution is 2.13. The number of nitrogens with zero attached hydrogens (tertiary/aromatic N) is 4. The minimum atomic E-state index is -0.282. The van der Waals surface area contributed by atoms with Crippen molar-refractivity contribution in [2.75, 3.05) is 13.6 Å². The third kappa shape index (κ3) is 7.20. The molecule has 1 atom stereocenters. The lowest BCUT2D eigenvalue weighted by molar-refractivity contribution is 0.223. The molecule has 0 bridgehead atoms. The van der Waals surface area contributed by atoms with E-state index >= 15 is 0 Å². The minimum Gasteiger partial charge on any atom is -0.489 e. The quantitative estimate of drug-likeness (QED) is 0.272. The molecule has 7 nitrogen and oxygen atoms in total. The van der Waals surface area contributed by atoms with E-state index in [1.807, 2.05) is 49.8 Å². The molecule has 0 radical (unpaired) electrons. The lowest BCUT2D eigenvalue weighted by Crippen LogP contribution is -2.41. The maximum Gasteiger partial charge on any atom is 0.191 e. The van der Waals surface area contributed by atoms with E-state index in [0.29, 0.717) is 24.8 Å². The van der Waals surface area contributed by atoms with E-state index in [4.69, 9.17) is 4.74 Å². The smallest absolute Gasteiger partial charge is 0.191 e. The number of halogens is 2. The second kappa shape index (κ2) is 11.6. The third-order valence-electron chi connectivity index (χ3n) is 4.43. The van der Waals surface area contributed by atoms with Crippen LogP contribution in [0.5, 0.6) is 5.75 Å². The Balaban J connectivity index is 0.00000341. The van der Waals surface area contributed by atoms with Gasteiger partial charge in [-0.15, -0.1) is 24.0 Å². The molecule has 0 aliphatic heterocycles. The Hall–Kier alpha value is -2.69. The highest BCUT2D eigenvalue weighted by Gasteiger charge is 2.07. The summed E-state index contributed by atoms with van der Waals surface area (Å²) in [6, 6.07) is 12.0. The zero-order valence-electron chi connectivity index (χ0n) is 18.1. The van der Waals surface area contributed by atoms with Crippen molar-refractivity contribution in [2.45, 2.75) is 33.4 Å². The Morgan fingerprint density at radius 1 is 1.16 bits per heavy atom. The fourth-order valence-electron chi connectivity index (χ4n) is 2.94. The molecule has 9 heteroatoms. The number of pyridine rings is 1. The number of hydrogen-bond donors (Lipinski definition) is 2. The summed E-state index contributed by atoms with van der Waals surface area (Å²) in [5.74, 6) is 1.79. The normalized spacial score (nSPS) is 12.1. The average molecular weight is 538 g/mol. The SMILES string of the molecule is CN=C(NCc1ccc(-n2nc(C)cc2C)nc1)NCC(C)Oc1ccc(F)cc1.I. The first-order valence-electron chi connectivity index (χ1n) is 9.80. The van der Waals surface area contributed by atoms with Gasteiger partial charge in [-0.2, -0.15) is 5.10 Å². The van der Waals surface area contributed by atoms with Crippen molar-refractivity contribution in [2.24, 2.45) is 4.99 Å². The van der Waals surface area contributed by atoms with Gasteiger partial charge in [0.1, 0.15) is 17.7 Å². The average Bonchev–Trinajstić information content (AvgIpc) is 3.08. The van der Waals surface area contributed by atoms with Crippen molar-refractivity contribution >= 4 is 29.9 Å². The van der Waals surface area contributed by atoms with Gasteiger partial charge in [-0.3, -0.25) is 4.99 Å². The molecule has 166 valence electrons. The molecule has 0 aliphatic rings. The van der Waals surface area contributed by atoms with Crippen LogP contribution in [0.15, 0.2) is 53.7 Å². The van der Waals surface area contributed by atoms with Crippen molar-refractivity contribution in [3.05, 3.63) is 71.4 Å². The molecule has 31 heavy (non-hydrogen) atoms. The molecule has 0 aliphatic carbocycles. The van der Waals surface area contributed by atoms with Crippen molar-refractivity contribution in [3.63, 3.8) is 0 Å². The number of guanidine groups is 1. The number of benzene rings is 1. The highest BCUT2D eigenvalue weighted by molar-refractivity contribution is 14.0. The summed E-state index contributed by atoms with van der Waals surface area (Å²) in [6.07, 6.45) is 1.71. The number of aromatic nitrogens is 3. The summed E-state index contributed by atoms with van der Waals surface area (Å²) in [5.41, 5.74) is 3.04. The van der Waals surface area contributed by atoms with Gasteiger partial charge in [0.15, 0.2) is 11.8 Å². The Morgan fingerprint density at radius 3 is 2.48 bits per heavy atom. The van der Waals surface area contributed by atoms with Gasteiger partial charge in [-0.25, -0.2) is 14.1 Å². The highest BCUT2D eigenvalue weighted by atomic mass is 127. The minimum absolute atomic E-state index is 0. The predicted molar refractivity (Wildman–Crippen MR) is 131 cm³/mol. The lowest BCUT2D eigenvalue weighted by atomic mass is 10.3. The van der Waals surface area contributed by atoms with E-state index in [2.05, 4.69) is 25.7 Å². The molecule has 2 aromatic heterocycles. The Labute approximate surface area is 199 Å². The van der Waals surface area contributed by atoms with Crippen molar-refractivity contribution in [1.29, 1.82) is 0 Å². The molecule has 0 fully saturated rings. The van der Waals surface area contributed by atoms with Crippen LogP contribution in [0.25, 0.3) is 5.82 Å². The third-order valence-corrected chi connectivity index (χ3v) is 4.43. The first-order chi connectivity index (χ1) is 14.4. The van der Waals surface area contributed by atoms with Crippen LogP contribution < -0.4 is 15.4 Å². The van der Waals surface area contributed by atoms with Crippen molar-refractivity contribution < 1.29 is 9.13 Å². The molecule has 0 saturated carbocycles. The number of aliphatic imine (C=N–C) groups is 1. The zero-order valence-corrected chi connectivity index (χ0v) is 20.4. The van der Waals surface area contributed by atoms with Gasteiger partial charge in [0.05, 0.1) is 12.2 Å². The molecular formula is C22H28FIN6O. The van der Waals surface area contributed by atoms with Crippen molar-refractivity contribution in [1.82, 2.24) is 25.4 Å². The molecule has 2 N–H and O–H groups in total. The van der Waals surface area contributed by atoms with Gasteiger partial charge in [0.2, 0.25) is 0 Å². The maximum absolute atomic E-state index is 13.0. The van der Waals surface area contributed by atoms with E-state index in [1.165, 1.54) is 12.1 Å². The van der Waals surface area contributed by atoms with E-state index in [1.54, 1.807) is 19.2 Å². The fourth-order valence-corrected chi connectivity index (χ4v) is 2.94. The van der Waals surface area contributed by atoms with E-state index in [-0.39, 0.29) is 35.9 Å². The van der Waals surface area contributed by atoms with Crippen LogP contribution in [-0.4, -0.2) is 40.4 Å². The van der Waals surface area contributed by atoms with Crippen LogP contribution in [-0.2, 0) is 6.54 Å². The van der Waals surface area contributed by atoms with E-state index in [0.717, 1.165) is 22.8 Å². The van der Waals surface area contributed by atoms with Gasteiger partial charge in [0.25, 0.3) is 0 Å². The molecule has 0 spiro atoms. The molecule has 1 aromatic carbocycles. The van der Waals surface area contributed by atoms with Gasteiger partial charge in [-0.05, 0) is 62.7 Å². The van der Waals surface area contributed by atoms with Gasteiger partial charge in [0, 0.05) is 25.5 Å². The standard InChI is InChI=1S/C22H27FN6O.HI/c1-15-11-16(2)29(28-15)21-10-5-18(13-25-21)14-27-22(24-4)26-12-17(3)30-20-8-6-19(23)7-9-20;/h5-11,13,17H,12,14H2,1-4H3,(H2,24,26,27);1H. The summed E-state index contributed by atoms with van der Waals surface area (Å²) in [7, 11) is 1.71. The van der Waals surface area contributed by atoms with Gasteiger partial charge < -0.3 is 15.4 Å². The molecule has 0 saturated heterocycles. The largest absolute Gasteiger partial charge is 0.489 e. The monoisotopic (exact) mass is 538 g/mol. The summed E-state index contributed by atoms with van der Waals surface area (Å²) < 4.78 is 20.6. The topological polar surface area (TPSA) is 76.4 Å². The van der Waals surface area contributed by atoms with Crippen LogP contribution in [0, 0.1) is 19.7 Å². The second-order valence-electron chi connectivity index (χ2n) is 7.05. The number of ether oxygens (including phenoxy) is 1. The first-order valence-corrected chi connectivity index (χ1v) is 9.80. The predicted octanol–water partition coefficient (Wildman–Crippen LogP) is 3.77. The van der Waals surface area contributed by atoms with Crippen LogP contribution in [0.3, 0.4) is 0 Å². The summed E-state index contributed by atoms with van der Waals surface area (Å²) in [6.45, 7) is 7.04. The Morgan fingerprint density at radius 2 is 1.90 bits per heavy atom.